The Morgan fingerprint density at radius 3 is 3.04 bits per heavy atom. The Hall–Kier alpha value is -2.34. The van der Waals surface area contributed by atoms with E-state index in [1.807, 2.05) is 19.4 Å². The number of hydrogen-bond donors (Lipinski definition) is 2. The average Bonchev–Trinajstić information content (AvgIpc) is 3.15. The molecule has 1 aromatic heterocycles. The lowest BCUT2D eigenvalue weighted by Gasteiger charge is -2.32. The number of aryl methyl sites for hydroxylation is 1. The van der Waals surface area contributed by atoms with Crippen LogP contribution in [0.4, 0.5) is 0 Å². The van der Waals surface area contributed by atoms with Gasteiger partial charge in [0.15, 0.2) is 0 Å². The SMILES string of the molecule is Cn1cc([C@@H]2NC(=O)CC[C@H]2NCc2cccc3c2OC(C)(C)C3)cn1. The molecule has 0 aliphatic carbocycles. The van der Waals surface area contributed by atoms with Crippen molar-refractivity contribution < 1.29 is 9.53 Å². The highest BCUT2D eigenvalue weighted by molar-refractivity contribution is 5.77. The molecule has 26 heavy (non-hydrogen) atoms. The zero-order valence-corrected chi connectivity index (χ0v) is 15.6. The molecule has 2 atom stereocenters. The molecule has 1 aromatic carbocycles. The minimum Gasteiger partial charge on any atom is -0.487 e. The monoisotopic (exact) mass is 354 g/mol. The summed E-state index contributed by atoms with van der Waals surface area (Å²) < 4.78 is 7.95. The first-order valence-corrected chi connectivity index (χ1v) is 9.22. The van der Waals surface area contributed by atoms with Gasteiger partial charge in [0.2, 0.25) is 5.91 Å². The van der Waals surface area contributed by atoms with Crippen LogP contribution in [0.2, 0.25) is 0 Å². The van der Waals surface area contributed by atoms with Gasteiger partial charge in [0, 0.05) is 49.8 Å². The molecule has 4 rings (SSSR count). The number of nitrogens with zero attached hydrogens (tertiary/aromatic N) is 2. The second kappa shape index (κ2) is 6.43. The smallest absolute Gasteiger partial charge is 0.220 e. The number of piperidine rings is 1. The first kappa shape index (κ1) is 17.1. The molecule has 2 N–H and O–H groups in total. The fourth-order valence-electron chi connectivity index (χ4n) is 4.00. The number of amides is 1. The third-order valence-corrected chi connectivity index (χ3v) is 5.21. The highest BCUT2D eigenvalue weighted by Crippen LogP contribution is 2.37. The fourth-order valence-corrected chi connectivity index (χ4v) is 4.00. The molecule has 6 nitrogen and oxygen atoms in total. The Bertz CT molecular complexity index is 827. The third-order valence-electron chi connectivity index (χ3n) is 5.21. The van der Waals surface area contributed by atoms with Gasteiger partial charge in [-0.25, -0.2) is 0 Å². The number of nitrogens with one attached hydrogen (secondary N) is 2. The van der Waals surface area contributed by atoms with E-state index in [1.165, 1.54) is 11.1 Å². The van der Waals surface area contributed by atoms with Gasteiger partial charge in [0.25, 0.3) is 0 Å². The summed E-state index contributed by atoms with van der Waals surface area (Å²) in [4.78, 5) is 11.9. The zero-order chi connectivity index (χ0) is 18.3. The number of rotatable bonds is 4. The van der Waals surface area contributed by atoms with Crippen molar-refractivity contribution >= 4 is 5.91 Å². The Balaban J connectivity index is 1.50. The lowest BCUT2D eigenvalue weighted by atomic mass is 9.93. The second-order valence-electron chi connectivity index (χ2n) is 7.96. The molecule has 2 aromatic rings. The number of benzene rings is 1. The summed E-state index contributed by atoms with van der Waals surface area (Å²) in [6, 6.07) is 6.48. The quantitative estimate of drug-likeness (QED) is 0.884. The highest BCUT2D eigenvalue weighted by Gasteiger charge is 2.33. The Morgan fingerprint density at radius 1 is 1.42 bits per heavy atom. The van der Waals surface area contributed by atoms with Crippen molar-refractivity contribution in [3.63, 3.8) is 0 Å². The van der Waals surface area contributed by atoms with Crippen LogP contribution in [0.15, 0.2) is 30.6 Å². The van der Waals surface area contributed by atoms with Gasteiger partial charge in [-0.2, -0.15) is 5.10 Å². The number of aromatic nitrogens is 2. The maximum absolute atomic E-state index is 11.9. The second-order valence-corrected chi connectivity index (χ2v) is 7.96. The van der Waals surface area contributed by atoms with Gasteiger partial charge in [0.05, 0.1) is 12.2 Å². The molecule has 6 heteroatoms. The first-order valence-electron chi connectivity index (χ1n) is 9.22. The molecule has 1 amide bonds. The van der Waals surface area contributed by atoms with E-state index >= 15 is 0 Å². The average molecular weight is 354 g/mol. The van der Waals surface area contributed by atoms with Crippen molar-refractivity contribution in [3.8, 4) is 5.75 Å². The number of fused-ring (bicyclic) bond motifs is 1. The fraction of sp³-hybridized carbons (Fsp3) is 0.500. The number of carbonyl (C=O) groups excluding carboxylic acids is 1. The van der Waals surface area contributed by atoms with Gasteiger partial charge in [-0.15, -0.1) is 0 Å². The molecule has 0 spiro atoms. The number of hydrogen-bond acceptors (Lipinski definition) is 4. The van der Waals surface area contributed by atoms with Gasteiger partial charge in [0.1, 0.15) is 11.4 Å². The van der Waals surface area contributed by atoms with Gasteiger partial charge in [-0.3, -0.25) is 9.48 Å². The summed E-state index contributed by atoms with van der Waals surface area (Å²) in [6.07, 6.45) is 6.10. The molecule has 2 aliphatic rings. The predicted molar refractivity (Wildman–Crippen MR) is 98.8 cm³/mol. The minimum absolute atomic E-state index is 0.0564. The van der Waals surface area contributed by atoms with Crippen molar-refractivity contribution in [1.82, 2.24) is 20.4 Å². The molecule has 1 saturated heterocycles. The number of para-hydroxylation sites is 1. The van der Waals surface area contributed by atoms with Crippen LogP contribution < -0.4 is 15.4 Å². The summed E-state index contributed by atoms with van der Waals surface area (Å²) >= 11 is 0. The standard InChI is InChI=1S/C20H26N4O2/c1-20(2)9-13-5-4-6-14(19(13)26-20)10-21-16-7-8-17(25)23-18(16)15-11-22-24(3)12-15/h4-6,11-12,16,18,21H,7-10H2,1-3H3,(H,23,25)/t16-,18+/m1/s1. The summed E-state index contributed by atoms with van der Waals surface area (Å²) in [6.45, 7) is 4.97. The number of ether oxygens (including phenoxy) is 1. The number of carbonyl (C=O) groups is 1. The van der Waals surface area contributed by atoms with Crippen LogP contribution in [-0.2, 0) is 24.8 Å². The van der Waals surface area contributed by atoms with Crippen LogP contribution in [0.25, 0.3) is 0 Å². The van der Waals surface area contributed by atoms with Gasteiger partial charge < -0.3 is 15.4 Å². The third kappa shape index (κ3) is 3.33. The summed E-state index contributed by atoms with van der Waals surface area (Å²) in [5.41, 5.74) is 3.34. The maximum Gasteiger partial charge on any atom is 0.220 e. The van der Waals surface area contributed by atoms with E-state index in [0.29, 0.717) is 6.42 Å². The van der Waals surface area contributed by atoms with Crippen molar-refractivity contribution in [2.24, 2.45) is 7.05 Å². The molecule has 138 valence electrons. The largest absolute Gasteiger partial charge is 0.487 e. The van der Waals surface area contributed by atoms with Gasteiger partial charge >= 0.3 is 0 Å². The Morgan fingerprint density at radius 2 is 2.27 bits per heavy atom. The molecule has 2 aliphatic heterocycles. The van der Waals surface area contributed by atoms with Crippen molar-refractivity contribution in [3.05, 3.63) is 47.3 Å². The molecule has 0 radical (unpaired) electrons. The highest BCUT2D eigenvalue weighted by atomic mass is 16.5. The van der Waals surface area contributed by atoms with Crippen molar-refractivity contribution in [2.75, 3.05) is 0 Å². The van der Waals surface area contributed by atoms with E-state index in [-0.39, 0.29) is 23.6 Å². The van der Waals surface area contributed by atoms with E-state index in [2.05, 4.69) is 47.8 Å². The van der Waals surface area contributed by atoms with Crippen LogP contribution in [0, 0.1) is 0 Å². The van der Waals surface area contributed by atoms with Crippen LogP contribution in [0.5, 0.6) is 5.75 Å². The van der Waals surface area contributed by atoms with E-state index < -0.39 is 0 Å². The molecule has 3 heterocycles. The van der Waals surface area contributed by atoms with E-state index in [9.17, 15) is 4.79 Å². The van der Waals surface area contributed by atoms with E-state index in [0.717, 1.165) is 30.7 Å². The van der Waals surface area contributed by atoms with Crippen LogP contribution in [-0.4, -0.2) is 27.3 Å². The molecular formula is C20H26N4O2. The van der Waals surface area contributed by atoms with Gasteiger partial charge in [-0.05, 0) is 25.8 Å². The normalized spacial score (nSPS) is 24.0. The van der Waals surface area contributed by atoms with Crippen molar-refractivity contribution in [1.29, 1.82) is 0 Å². The summed E-state index contributed by atoms with van der Waals surface area (Å²) in [7, 11) is 1.89. The lowest BCUT2D eigenvalue weighted by Crippen LogP contribution is -2.48. The molecule has 0 bridgehead atoms. The van der Waals surface area contributed by atoms with E-state index in [1.54, 1.807) is 4.68 Å². The minimum atomic E-state index is -0.143. The van der Waals surface area contributed by atoms with E-state index in [4.69, 9.17) is 4.74 Å². The molecule has 0 saturated carbocycles. The maximum atomic E-state index is 11.9. The zero-order valence-electron chi connectivity index (χ0n) is 15.6. The molecule has 1 fully saturated rings. The van der Waals surface area contributed by atoms with Crippen LogP contribution in [0.3, 0.4) is 0 Å². The van der Waals surface area contributed by atoms with Gasteiger partial charge in [-0.1, -0.05) is 18.2 Å². The topological polar surface area (TPSA) is 68.2 Å². The summed E-state index contributed by atoms with van der Waals surface area (Å²) in [5, 5.41) is 11.0. The summed E-state index contributed by atoms with van der Waals surface area (Å²) in [5.74, 6) is 1.12. The predicted octanol–water partition coefficient (Wildman–Crippen LogP) is 2.24. The van der Waals surface area contributed by atoms with Crippen LogP contribution in [0.1, 0.15) is 49.4 Å². The Labute approximate surface area is 153 Å². The first-order chi connectivity index (χ1) is 12.4. The molecule has 0 unspecified atom stereocenters. The molecular weight excluding hydrogens is 328 g/mol. The van der Waals surface area contributed by atoms with Crippen molar-refractivity contribution in [2.45, 2.75) is 57.3 Å². The lowest BCUT2D eigenvalue weighted by molar-refractivity contribution is -0.123. The van der Waals surface area contributed by atoms with Crippen LogP contribution >= 0.6 is 0 Å². The Kier molecular flexibility index (Phi) is 4.23.